The number of allylic oxidation sites excluding steroid dienone is 2. The Bertz CT molecular complexity index is 763. The number of hydrazone groups is 1. The van der Waals surface area contributed by atoms with Crippen molar-refractivity contribution in [3.63, 3.8) is 0 Å². The summed E-state index contributed by atoms with van der Waals surface area (Å²) < 4.78 is 1.58. The smallest absolute Gasteiger partial charge is 0.332 e. The summed E-state index contributed by atoms with van der Waals surface area (Å²) in [6, 6.07) is -0.867. The number of carbonyl (C=O) groups excluding carboxylic acids is 1. The molecule has 0 aromatic carbocycles. The molecule has 1 aromatic rings. The lowest BCUT2D eigenvalue weighted by Crippen LogP contribution is -2.25. The van der Waals surface area contributed by atoms with E-state index in [0.717, 1.165) is 25.5 Å². The molecule has 1 aliphatic carbocycles. The van der Waals surface area contributed by atoms with E-state index in [0.29, 0.717) is 6.54 Å². The van der Waals surface area contributed by atoms with Crippen LogP contribution in [0, 0.1) is 4.77 Å². The van der Waals surface area contributed by atoms with Gasteiger partial charge in [-0.2, -0.15) is 5.10 Å². The van der Waals surface area contributed by atoms with Crippen LogP contribution in [0.15, 0.2) is 21.5 Å². The van der Waals surface area contributed by atoms with Gasteiger partial charge < -0.3 is 10.8 Å². The second kappa shape index (κ2) is 7.73. The molecule has 0 unspecified atom stereocenters. The van der Waals surface area contributed by atoms with Crippen molar-refractivity contribution in [3.8, 4) is 5.88 Å². The molecule has 23 heavy (non-hydrogen) atoms. The highest BCUT2D eigenvalue weighted by Crippen LogP contribution is 2.22. The van der Waals surface area contributed by atoms with Crippen molar-refractivity contribution in [2.24, 2.45) is 10.8 Å². The molecule has 0 bridgehead atoms. The maximum Gasteiger partial charge on any atom is 0.332 e. The largest absolute Gasteiger partial charge is 0.494 e. The number of aromatic hydroxyl groups is 1. The molecule has 1 aromatic heterocycles. The van der Waals surface area contributed by atoms with E-state index in [1.54, 1.807) is 0 Å². The fraction of sp³-hybridized carbons (Fsp3) is 0.429. The second-order valence-corrected chi connectivity index (χ2v) is 5.63. The molecule has 2 amide bonds. The normalized spacial score (nSPS) is 14.7. The maximum atomic E-state index is 11.9. The van der Waals surface area contributed by atoms with Crippen LogP contribution in [0.2, 0.25) is 0 Å². The molecule has 124 valence electrons. The molecule has 8 nitrogen and oxygen atoms in total. The van der Waals surface area contributed by atoms with Crippen LogP contribution in [0.3, 0.4) is 0 Å². The Kier molecular flexibility index (Phi) is 5.69. The SMILES string of the molecule is NC(=O)NN=Cc1c(O)n(CCC2=CCCCC2)c(=S)[nH]c1=O. The first-order chi connectivity index (χ1) is 11.0. The van der Waals surface area contributed by atoms with Crippen molar-refractivity contribution < 1.29 is 9.90 Å². The quantitative estimate of drug-likeness (QED) is 0.281. The Hall–Kier alpha value is -2.42. The molecule has 0 saturated heterocycles. The number of nitrogens with two attached hydrogens (primary N) is 1. The van der Waals surface area contributed by atoms with Crippen molar-refractivity contribution >= 4 is 24.5 Å². The first kappa shape index (κ1) is 16.9. The summed E-state index contributed by atoms with van der Waals surface area (Å²) in [5.74, 6) is -0.287. The molecular formula is C14H19N5O3S. The summed E-state index contributed by atoms with van der Waals surface area (Å²) >= 11 is 5.10. The first-order valence-corrected chi connectivity index (χ1v) is 7.72. The summed E-state index contributed by atoms with van der Waals surface area (Å²) in [5.41, 5.74) is 7.49. The van der Waals surface area contributed by atoms with Gasteiger partial charge in [-0.25, -0.2) is 10.2 Å². The van der Waals surface area contributed by atoms with Crippen LogP contribution in [-0.2, 0) is 6.54 Å². The number of hydrogen-bond donors (Lipinski definition) is 4. The predicted molar refractivity (Wildman–Crippen MR) is 89.0 cm³/mol. The zero-order chi connectivity index (χ0) is 16.8. The molecule has 1 aliphatic rings. The lowest BCUT2D eigenvalue weighted by atomic mass is 9.97. The van der Waals surface area contributed by atoms with Gasteiger partial charge in [0.1, 0.15) is 5.56 Å². The Morgan fingerprint density at radius 2 is 2.35 bits per heavy atom. The molecule has 0 saturated carbocycles. The van der Waals surface area contributed by atoms with Crippen LogP contribution in [0.1, 0.15) is 37.7 Å². The molecule has 5 N–H and O–H groups in total. The van der Waals surface area contributed by atoms with E-state index in [-0.39, 0.29) is 16.2 Å². The third-order valence-electron chi connectivity index (χ3n) is 3.62. The summed E-state index contributed by atoms with van der Waals surface area (Å²) in [6.07, 6.45) is 8.51. The number of nitrogens with zero attached hydrogens (tertiary/aromatic N) is 2. The van der Waals surface area contributed by atoms with Crippen molar-refractivity contribution in [3.05, 3.63) is 32.3 Å². The Balaban J connectivity index is 2.23. The molecule has 0 radical (unpaired) electrons. The molecule has 1 heterocycles. The Labute approximate surface area is 137 Å². The van der Waals surface area contributed by atoms with Gasteiger partial charge in [-0.05, 0) is 44.3 Å². The summed E-state index contributed by atoms with van der Waals surface area (Å²) in [6.45, 7) is 0.456. The zero-order valence-electron chi connectivity index (χ0n) is 12.5. The van der Waals surface area contributed by atoms with Gasteiger partial charge in [-0.15, -0.1) is 0 Å². The molecule has 0 aliphatic heterocycles. The van der Waals surface area contributed by atoms with E-state index in [9.17, 15) is 14.7 Å². The third-order valence-corrected chi connectivity index (χ3v) is 3.94. The van der Waals surface area contributed by atoms with E-state index in [1.807, 2.05) is 5.43 Å². The number of rotatable bonds is 5. The highest BCUT2D eigenvalue weighted by atomic mass is 32.1. The number of nitrogens with one attached hydrogen (secondary N) is 2. The molecule has 0 spiro atoms. The maximum absolute atomic E-state index is 11.9. The minimum Gasteiger partial charge on any atom is -0.494 e. The molecule has 2 rings (SSSR count). The van der Waals surface area contributed by atoms with Crippen molar-refractivity contribution in [2.75, 3.05) is 0 Å². The predicted octanol–water partition coefficient (Wildman–Crippen LogP) is 1.50. The van der Waals surface area contributed by atoms with Crippen molar-refractivity contribution in [1.82, 2.24) is 15.0 Å². The average molecular weight is 337 g/mol. The van der Waals surface area contributed by atoms with Crippen LogP contribution < -0.4 is 16.7 Å². The van der Waals surface area contributed by atoms with Gasteiger partial charge in [0.15, 0.2) is 4.77 Å². The Morgan fingerprint density at radius 3 is 3.00 bits per heavy atom. The van der Waals surface area contributed by atoms with E-state index in [1.165, 1.54) is 23.0 Å². The fourth-order valence-corrected chi connectivity index (χ4v) is 2.72. The number of hydrogen-bond acceptors (Lipinski definition) is 5. The first-order valence-electron chi connectivity index (χ1n) is 7.31. The van der Waals surface area contributed by atoms with Crippen molar-refractivity contribution in [2.45, 2.75) is 38.6 Å². The average Bonchev–Trinajstić information content (AvgIpc) is 2.51. The topological polar surface area (TPSA) is 126 Å². The molecule has 0 atom stereocenters. The number of amides is 2. The van der Waals surface area contributed by atoms with Crippen molar-refractivity contribution in [1.29, 1.82) is 0 Å². The minimum atomic E-state index is -0.867. The summed E-state index contributed by atoms with van der Waals surface area (Å²) in [5, 5.41) is 13.8. The monoisotopic (exact) mass is 337 g/mol. The van der Waals surface area contributed by atoms with Gasteiger partial charge in [-0.3, -0.25) is 14.3 Å². The van der Waals surface area contributed by atoms with Crippen LogP contribution in [0.25, 0.3) is 0 Å². The third kappa shape index (κ3) is 4.52. The van der Waals surface area contributed by atoms with Gasteiger partial charge >= 0.3 is 6.03 Å². The number of H-pyrrole nitrogens is 1. The van der Waals surface area contributed by atoms with Crippen LogP contribution in [0.5, 0.6) is 5.88 Å². The molecule has 9 heteroatoms. The second-order valence-electron chi connectivity index (χ2n) is 5.24. The molecule has 0 fully saturated rings. The number of aromatic amines is 1. The summed E-state index contributed by atoms with van der Waals surface area (Å²) in [4.78, 5) is 24.9. The number of primary amides is 1. The van der Waals surface area contributed by atoms with Gasteiger partial charge in [0.25, 0.3) is 5.56 Å². The highest BCUT2D eigenvalue weighted by molar-refractivity contribution is 7.71. The lowest BCUT2D eigenvalue weighted by Gasteiger charge is -2.15. The minimum absolute atomic E-state index is 0.0926. The fourth-order valence-electron chi connectivity index (χ4n) is 2.45. The van der Waals surface area contributed by atoms with E-state index < -0.39 is 11.6 Å². The van der Waals surface area contributed by atoms with Gasteiger partial charge in [-0.1, -0.05) is 11.6 Å². The number of carbonyl (C=O) groups is 1. The van der Waals surface area contributed by atoms with Crippen LogP contribution >= 0.6 is 12.2 Å². The zero-order valence-corrected chi connectivity index (χ0v) is 13.4. The van der Waals surface area contributed by atoms with Gasteiger partial charge in [0, 0.05) is 6.54 Å². The van der Waals surface area contributed by atoms with E-state index in [2.05, 4.69) is 16.2 Å². The standard InChI is InChI=1S/C14H19N5O3S/c15-13(22)18-16-8-10-11(20)17-14(23)19(12(10)21)7-6-9-4-2-1-3-5-9/h4,8,21H,1-3,5-7H2,(H3,15,18,22)(H,17,20,23). The van der Waals surface area contributed by atoms with Crippen LogP contribution in [-0.4, -0.2) is 26.9 Å². The highest BCUT2D eigenvalue weighted by Gasteiger charge is 2.12. The number of aromatic nitrogens is 2. The Morgan fingerprint density at radius 1 is 1.57 bits per heavy atom. The summed E-state index contributed by atoms with van der Waals surface area (Å²) in [7, 11) is 0. The molecular weight excluding hydrogens is 318 g/mol. The van der Waals surface area contributed by atoms with E-state index in [4.69, 9.17) is 18.0 Å². The lowest BCUT2D eigenvalue weighted by molar-refractivity contribution is 0.249. The van der Waals surface area contributed by atoms with Gasteiger partial charge in [0.05, 0.1) is 6.21 Å². The van der Waals surface area contributed by atoms with Crippen LogP contribution in [0.4, 0.5) is 4.79 Å². The van der Waals surface area contributed by atoms with Gasteiger partial charge in [0.2, 0.25) is 5.88 Å². The number of urea groups is 1. The van der Waals surface area contributed by atoms with E-state index >= 15 is 0 Å².